The van der Waals surface area contributed by atoms with Gasteiger partial charge < -0.3 is 15.3 Å². The second kappa shape index (κ2) is 10.6. The Balaban J connectivity index is 1.63. The number of carbonyl (C=O) groups is 1. The van der Waals surface area contributed by atoms with Crippen molar-refractivity contribution in [3.63, 3.8) is 0 Å². The fraction of sp³-hybridized carbons (Fsp3) is 0.792. The van der Waals surface area contributed by atoms with Gasteiger partial charge in [-0.15, -0.1) is 0 Å². The Morgan fingerprint density at radius 1 is 1.21 bits per heavy atom. The Hall–Kier alpha value is -1.13. The molecular formula is C24H40N2O2. The highest BCUT2D eigenvalue weighted by atomic mass is 16.3. The Morgan fingerprint density at radius 3 is 2.68 bits per heavy atom. The number of allylic oxidation sites excluding steroid dienone is 2. The Bertz CT molecular complexity index is 575. The molecule has 158 valence electrons. The molecule has 2 fully saturated rings. The standard InChI is InChI=1S/C24H40N2O2/c1-18(2)16-21(17-27)25-14-12-23(28)26-15-13-19-8-6-7-11-22(19)24(26)20-9-4-3-5-10-20/h8,11,18,20-21,24-25,27H,3-7,9-10,12-17H2,1-2H3/t21-,24?/m1/s1. The van der Waals surface area contributed by atoms with Gasteiger partial charge in [0.2, 0.25) is 5.91 Å². The van der Waals surface area contributed by atoms with Crippen LogP contribution in [0, 0.1) is 11.8 Å². The van der Waals surface area contributed by atoms with E-state index in [1.807, 2.05) is 0 Å². The van der Waals surface area contributed by atoms with Gasteiger partial charge >= 0.3 is 0 Å². The number of fused-ring (bicyclic) bond motifs is 1. The molecule has 2 atom stereocenters. The average Bonchev–Trinajstić information content (AvgIpc) is 2.72. The lowest BCUT2D eigenvalue weighted by Crippen LogP contribution is -2.51. The Morgan fingerprint density at radius 2 is 1.96 bits per heavy atom. The van der Waals surface area contributed by atoms with Gasteiger partial charge in [-0.25, -0.2) is 0 Å². The summed E-state index contributed by atoms with van der Waals surface area (Å²) in [6.45, 7) is 6.01. The predicted octanol–water partition coefficient (Wildman–Crippen LogP) is 4.20. The monoisotopic (exact) mass is 388 g/mol. The first kappa shape index (κ1) is 21.6. The van der Waals surface area contributed by atoms with E-state index in [4.69, 9.17) is 0 Å². The van der Waals surface area contributed by atoms with E-state index in [2.05, 4.69) is 36.2 Å². The summed E-state index contributed by atoms with van der Waals surface area (Å²) in [6, 6.07) is 0.399. The van der Waals surface area contributed by atoms with Crippen molar-refractivity contribution in [3.8, 4) is 0 Å². The molecule has 28 heavy (non-hydrogen) atoms. The van der Waals surface area contributed by atoms with Crippen LogP contribution < -0.4 is 5.32 Å². The van der Waals surface area contributed by atoms with E-state index in [0.29, 0.717) is 30.8 Å². The van der Waals surface area contributed by atoms with Crippen molar-refractivity contribution in [2.75, 3.05) is 19.7 Å². The molecule has 1 amide bonds. The fourth-order valence-electron chi connectivity index (χ4n) is 5.41. The smallest absolute Gasteiger partial charge is 0.224 e. The summed E-state index contributed by atoms with van der Waals surface area (Å²) >= 11 is 0. The number of hydrogen-bond acceptors (Lipinski definition) is 3. The minimum atomic E-state index is 0.0962. The van der Waals surface area contributed by atoms with E-state index in [1.165, 1.54) is 43.3 Å². The first-order valence-corrected chi connectivity index (χ1v) is 11.6. The van der Waals surface area contributed by atoms with Crippen LogP contribution in [0.3, 0.4) is 0 Å². The number of aliphatic hydroxyl groups excluding tert-OH is 1. The first-order chi connectivity index (χ1) is 13.6. The van der Waals surface area contributed by atoms with E-state index in [-0.39, 0.29) is 18.6 Å². The number of nitrogens with one attached hydrogen (secondary N) is 1. The molecule has 2 N–H and O–H groups in total. The van der Waals surface area contributed by atoms with E-state index in [1.54, 1.807) is 0 Å². The topological polar surface area (TPSA) is 52.6 Å². The van der Waals surface area contributed by atoms with Crippen molar-refractivity contribution in [3.05, 3.63) is 23.3 Å². The SMILES string of the molecule is CC(C)C[C@H](CO)NCCC(=O)N1CCC2=CCCC=C2C1C1CCCCC1. The number of nitrogens with zero attached hydrogens (tertiary/aromatic N) is 1. The van der Waals surface area contributed by atoms with Gasteiger partial charge in [0.05, 0.1) is 12.6 Å². The zero-order valence-corrected chi connectivity index (χ0v) is 18.0. The fourth-order valence-corrected chi connectivity index (χ4v) is 5.41. The van der Waals surface area contributed by atoms with Crippen LogP contribution in [0.5, 0.6) is 0 Å². The largest absolute Gasteiger partial charge is 0.395 e. The molecule has 1 heterocycles. The maximum Gasteiger partial charge on any atom is 0.224 e. The molecule has 4 nitrogen and oxygen atoms in total. The van der Waals surface area contributed by atoms with Crippen molar-refractivity contribution in [2.24, 2.45) is 11.8 Å². The number of hydrogen-bond donors (Lipinski definition) is 2. The van der Waals surface area contributed by atoms with Crippen LogP contribution in [0.2, 0.25) is 0 Å². The first-order valence-electron chi connectivity index (χ1n) is 11.6. The van der Waals surface area contributed by atoms with E-state index >= 15 is 0 Å². The maximum atomic E-state index is 13.2. The van der Waals surface area contributed by atoms with Crippen LogP contribution >= 0.6 is 0 Å². The van der Waals surface area contributed by atoms with Crippen molar-refractivity contribution < 1.29 is 9.90 Å². The van der Waals surface area contributed by atoms with Gasteiger partial charge in [-0.2, -0.15) is 0 Å². The zero-order chi connectivity index (χ0) is 19.9. The molecule has 0 aromatic carbocycles. The van der Waals surface area contributed by atoms with Crippen LogP contribution in [0.25, 0.3) is 0 Å². The number of rotatable bonds is 8. The van der Waals surface area contributed by atoms with Gasteiger partial charge in [0.15, 0.2) is 0 Å². The summed E-state index contributed by atoms with van der Waals surface area (Å²) < 4.78 is 0. The summed E-state index contributed by atoms with van der Waals surface area (Å²) in [4.78, 5) is 15.4. The van der Waals surface area contributed by atoms with Crippen molar-refractivity contribution in [1.29, 1.82) is 0 Å². The van der Waals surface area contributed by atoms with E-state index < -0.39 is 0 Å². The van der Waals surface area contributed by atoms with Gasteiger partial charge in [0, 0.05) is 25.6 Å². The zero-order valence-electron chi connectivity index (χ0n) is 18.0. The summed E-state index contributed by atoms with van der Waals surface area (Å²) in [6.07, 6.45) is 16.1. The van der Waals surface area contributed by atoms with E-state index in [0.717, 1.165) is 32.2 Å². The van der Waals surface area contributed by atoms with Crippen molar-refractivity contribution in [2.45, 2.75) is 90.1 Å². The number of aliphatic hydroxyl groups is 1. The van der Waals surface area contributed by atoms with Crippen molar-refractivity contribution in [1.82, 2.24) is 10.2 Å². The number of piperidine rings is 1. The van der Waals surface area contributed by atoms with Gasteiger partial charge in [0.25, 0.3) is 0 Å². The molecule has 1 saturated carbocycles. The highest BCUT2D eigenvalue weighted by Crippen LogP contribution is 2.40. The van der Waals surface area contributed by atoms with Crippen LogP contribution in [0.4, 0.5) is 0 Å². The summed E-state index contributed by atoms with van der Waals surface area (Å²) in [7, 11) is 0. The van der Waals surface area contributed by atoms with Crippen LogP contribution in [-0.4, -0.2) is 47.7 Å². The highest BCUT2D eigenvalue weighted by Gasteiger charge is 2.38. The lowest BCUT2D eigenvalue weighted by Gasteiger charge is -2.45. The second-order valence-electron chi connectivity index (χ2n) is 9.36. The minimum Gasteiger partial charge on any atom is -0.395 e. The molecule has 0 aromatic rings. The van der Waals surface area contributed by atoms with Crippen LogP contribution in [0.15, 0.2) is 23.3 Å². The molecule has 1 unspecified atom stereocenters. The van der Waals surface area contributed by atoms with Gasteiger partial charge in [0.1, 0.15) is 0 Å². The van der Waals surface area contributed by atoms with E-state index in [9.17, 15) is 9.90 Å². The van der Waals surface area contributed by atoms with Gasteiger partial charge in [-0.3, -0.25) is 4.79 Å². The number of likely N-dealkylation sites (tertiary alicyclic amines) is 1. The molecular weight excluding hydrogens is 348 g/mol. The number of amides is 1. The van der Waals surface area contributed by atoms with Gasteiger partial charge in [-0.05, 0) is 61.5 Å². The quantitative estimate of drug-likeness (QED) is 0.655. The molecule has 1 aliphatic heterocycles. The molecule has 0 radical (unpaired) electrons. The highest BCUT2D eigenvalue weighted by molar-refractivity contribution is 5.78. The molecule has 2 aliphatic carbocycles. The second-order valence-corrected chi connectivity index (χ2v) is 9.36. The third-order valence-electron chi connectivity index (χ3n) is 6.73. The molecule has 1 saturated heterocycles. The summed E-state index contributed by atoms with van der Waals surface area (Å²) in [5, 5.41) is 13.0. The van der Waals surface area contributed by atoms with Crippen LogP contribution in [-0.2, 0) is 4.79 Å². The summed E-state index contributed by atoms with van der Waals surface area (Å²) in [5.41, 5.74) is 2.99. The third-order valence-corrected chi connectivity index (χ3v) is 6.73. The van der Waals surface area contributed by atoms with Crippen molar-refractivity contribution >= 4 is 5.91 Å². The molecule has 0 spiro atoms. The maximum absolute atomic E-state index is 13.2. The van der Waals surface area contributed by atoms with Crippen LogP contribution in [0.1, 0.15) is 78.1 Å². The lowest BCUT2D eigenvalue weighted by molar-refractivity contribution is -0.134. The predicted molar refractivity (Wildman–Crippen MR) is 115 cm³/mol. The Kier molecular flexibility index (Phi) is 8.16. The lowest BCUT2D eigenvalue weighted by atomic mass is 9.74. The Labute approximate surface area is 171 Å². The number of carbonyl (C=O) groups excluding carboxylic acids is 1. The molecule has 4 heteroatoms. The third kappa shape index (κ3) is 5.48. The molecule has 0 aromatic heterocycles. The minimum absolute atomic E-state index is 0.0962. The molecule has 0 bridgehead atoms. The molecule has 3 aliphatic rings. The van der Waals surface area contributed by atoms with Gasteiger partial charge in [-0.1, -0.05) is 45.3 Å². The average molecular weight is 389 g/mol. The molecule has 3 rings (SSSR count). The normalized spacial score (nSPS) is 24.6. The summed E-state index contributed by atoms with van der Waals surface area (Å²) in [5.74, 6) is 1.46.